The summed E-state index contributed by atoms with van der Waals surface area (Å²) in [6, 6.07) is 0. The van der Waals surface area contributed by atoms with E-state index in [0.717, 1.165) is 32.2 Å². The van der Waals surface area contributed by atoms with Gasteiger partial charge in [-0.3, -0.25) is 0 Å². The van der Waals surface area contributed by atoms with Gasteiger partial charge in [0.2, 0.25) is 0 Å². The van der Waals surface area contributed by atoms with E-state index in [1.54, 1.807) is 0 Å². The second kappa shape index (κ2) is 5.83. The first-order valence-electron chi connectivity index (χ1n) is 6.02. The Labute approximate surface area is 94.0 Å². The summed E-state index contributed by atoms with van der Waals surface area (Å²) in [5, 5.41) is 0. The van der Waals surface area contributed by atoms with Crippen LogP contribution in [0.15, 0.2) is 0 Å². The number of hydrogen-bond acceptors (Lipinski definition) is 3. The maximum atomic E-state index is 5.98. The van der Waals surface area contributed by atoms with Gasteiger partial charge in [-0.05, 0) is 52.6 Å². The van der Waals surface area contributed by atoms with E-state index in [4.69, 9.17) is 10.5 Å². The van der Waals surface area contributed by atoms with Gasteiger partial charge >= 0.3 is 0 Å². The van der Waals surface area contributed by atoms with Crippen LogP contribution in [0.1, 0.15) is 33.1 Å². The lowest BCUT2D eigenvalue weighted by Crippen LogP contribution is -2.44. The molecule has 0 saturated carbocycles. The lowest BCUT2D eigenvalue weighted by Gasteiger charge is -2.29. The maximum Gasteiger partial charge on any atom is 0.0468 e. The van der Waals surface area contributed by atoms with Gasteiger partial charge in [0, 0.05) is 25.3 Å². The molecule has 3 heteroatoms. The van der Waals surface area contributed by atoms with Crippen LogP contribution in [0.2, 0.25) is 0 Å². The highest BCUT2D eigenvalue weighted by atomic mass is 16.5. The van der Waals surface area contributed by atoms with E-state index in [9.17, 15) is 0 Å². The van der Waals surface area contributed by atoms with Crippen LogP contribution in [0.5, 0.6) is 0 Å². The molecule has 2 N–H and O–H groups in total. The third-order valence-corrected chi connectivity index (χ3v) is 2.94. The van der Waals surface area contributed by atoms with Gasteiger partial charge in [-0.15, -0.1) is 0 Å². The quantitative estimate of drug-likeness (QED) is 0.753. The summed E-state index contributed by atoms with van der Waals surface area (Å²) in [6.45, 7) is 8.20. The lowest BCUT2D eigenvalue weighted by molar-refractivity contribution is 0.0604. The number of nitrogens with two attached hydrogens (primary N) is 1. The highest BCUT2D eigenvalue weighted by molar-refractivity contribution is 4.76. The third-order valence-electron chi connectivity index (χ3n) is 2.94. The molecule has 1 aliphatic heterocycles. The molecule has 0 radical (unpaired) electrons. The average molecular weight is 214 g/mol. The van der Waals surface area contributed by atoms with E-state index in [1.807, 2.05) is 0 Å². The van der Waals surface area contributed by atoms with E-state index in [1.165, 1.54) is 19.3 Å². The van der Waals surface area contributed by atoms with E-state index < -0.39 is 0 Å². The second-order valence-electron chi connectivity index (χ2n) is 5.57. The molecule has 3 nitrogen and oxygen atoms in total. The van der Waals surface area contributed by atoms with E-state index in [0.29, 0.717) is 0 Å². The van der Waals surface area contributed by atoms with Gasteiger partial charge < -0.3 is 15.4 Å². The van der Waals surface area contributed by atoms with E-state index >= 15 is 0 Å². The summed E-state index contributed by atoms with van der Waals surface area (Å²) in [5.74, 6) is 0.863. The zero-order chi connectivity index (χ0) is 11.3. The van der Waals surface area contributed by atoms with E-state index in [2.05, 4.69) is 25.8 Å². The Bertz CT molecular complexity index is 171. The number of likely N-dealkylation sites (N-methyl/N-ethyl adjacent to an activating group) is 1. The zero-order valence-electron chi connectivity index (χ0n) is 10.5. The summed E-state index contributed by atoms with van der Waals surface area (Å²) in [5.41, 5.74) is 5.90. The first-order chi connectivity index (χ1) is 6.97. The smallest absolute Gasteiger partial charge is 0.0468 e. The van der Waals surface area contributed by atoms with Crippen LogP contribution in [-0.4, -0.2) is 43.8 Å². The Kier molecular flexibility index (Phi) is 5.03. The van der Waals surface area contributed by atoms with E-state index in [-0.39, 0.29) is 5.54 Å². The van der Waals surface area contributed by atoms with Crippen molar-refractivity contribution in [1.82, 2.24) is 4.90 Å². The van der Waals surface area contributed by atoms with Crippen molar-refractivity contribution in [3.05, 3.63) is 0 Å². The van der Waals surface area contributed by atoms with Crippen LogP contribution in [0, 0.1) is 5.92 Å². The van der Waals surface area contributed by atoms with Crippen molar-refractivity contribution < 1.29 is 4.74 Å². The van der Waals surface area contributed by atoms with Gasteiger partial charge in [0.15, 0.2) is 0 Å². The normalized spacial score (nSPS) is 19.8. The molecule has 15 heavy (non-hydrogen) atoms. The molecule has 1 heterocycles. The molecule has 0 unspecified atom stereocenters. The maximum absolute atomic E-state index is 5.98. The molecule has 0 bridgehead atoms. The Morgan fingerprint density at radius 2 is 1.93 bits per heavy atom. The fourth-order valence-corrected chi connectivity index (χ4v) is 2.21. The fourth-order valence-electron chi connectivity index (χ4n) is 2.21. The molecule has 0 aromatic heterocycles. The van der Waals surface area contributed by atoms with Crippen LogP contribution >= 0.6 is 0 Å². The Balaban J connectivity index is 2.12. The van der Waals surface area contributed by atoms with Gasteiger partial charge in [0.25, 0.3) is 0 Å². The number of nitrogens with zero attached hydrogens (tertiary/aromatic N) is 1. The van der Waals surface area contributed by atoms with Crippen molar-refractivity contribution in [3.63, 3.8) is 0 Å². The molecule has 1 aliphatic rings. The topological polar surface area (TPSA) is 38.5 Å². The fraction of sp³-hybridized carbons (Fsp3) is 1.00. The van der Waals surface area contributed by atoms with Crippen LogP contribution in [0.25, 0.3) is 0 Å². The standard InChI is InChI=1S/C12H26N2O/c1-12(2,13)10-14(3)7-4-11-5-8-15-9-6-11/h11H,4-10,13H2,1-3H3. The summed E-state index contributed by atoms with van der Waals surface area (Å²) < 4.78 is 5.35. The molecule has 0 aliphatic carbocycles. The Morgan fingerprint density at radius 1 is 1.33 bits per heavy atom. The molecule has 0 amide bonds. The molecule has 1 saturated heterocycles. The summed E-state index contributed by atoms with van der Waals surface area (Å²) >= 11 is 0. The first kappa shape index (κ1) is 12.9. The van der Waals surface area contributed by atoms with Crippen molar-refractivity contribution >= 4 is 0 Å². The van der Waals surface area contributed by atoms with Crippen LogP contribution in [-0.2, 0) is 4.74 Å². The minimum atomic E-state index is -0.0789. The number of ether oxygens (including phenoxy) is 1. The molecular formula is C12H26N2O. The molecule has 0 aromatic carbocycles. The third kappa shape index (κ3) is 6.13. The van der Waals surface area contributed by atoms with Crippen molar-refractivity contribution in [3.8, 4) is 0 Å². The van der Waals surface area contributed by atoms with Crippen molar-refractivity contribution in [2.24, 2.45) is 11.7 Å². The van der Waals surface area contributed by atoms with Crippen LogP contribution < -0.4 is 5.73 Å². The molecule has 0 aromatic rings. The lowest BCUT2D eigenvalue weighted by atomic mass is 9.96. The molecule has 0 atom stereocenters. The van der Waals surface area contributed by atoms with Crippen molar-refractivity contribution in [1.29, 1.82) is 0 Å². The second-order valence-corrected chi connectivity index (χ2v) is 5.57. The minimum Gasteiger partial charge on any atom is -0.381 e. The van der Waals surface area contributed by atoms with Crippen LogP contribution in [0.4, 0.5) is 0 Å². The highest BCUT2D eigenvalue weighted by Crippen LogP contribution is 2.18. The number of rotatable bonds is 5. The summed E-state index contributed by atoms with van der Waals surface area (Å²) in [7, 11) is 2.16. The zero-order valence-corrected chi connectivity index (χ0v) is 10.5. The van der Waals surface area contributed by atoms with Crippen molar-refractivity contribution in [2.45, 2.75) is 38.6 Å². The Hall–Kier alpha value is -0.120. The van der Waals surface area contributed by atoms with Gasteiger partial charge in [0.05, 0.1) is 0 Å². The molecule has 1 rings (SSSR count). The monoisotopic (exact) mass is 214 g/mol. The predicted octanol–water partition coefficient (Wildman–Crippen LogP) is 1.47. The SMILES string of the molecule is CN(CCC1CCOCC1)CC(C)(C)N. The molecule has 1 fully saturated rings. The number of hydrogen-bond donors (Lipinski definition) is 1. The first-order valence-corrected chi connectivity index (χ1v) is 6.02. The largest absolute Gasteiger partial charge is 0.381 e. The predicted molar refractivity (Wildman–Crippen MR) is 63.9 cm³/mol. The average Bonchev–Trinajstić information content (AvgIpc) is 2.14. The highest BCUT2D eigenvalue weighted by Gasteiger charge is 2.17. The Morgan fingerprint density at radius 3 is 2.47 bits per heavy atom. The molecule has 0 spiro atoms. The van der Waals surface area contributed by atoms with Gasteiger partial charge in [-0.2, -0.15) is 0 Å². The molecular weight excluding hydrogens is 188 g/mol. The minimum absolute atomic E-state index is 0.0789. The summed E-state index contributed by atoms with van der Waals surface area (Å²) in [4.78, 5) is 2.34. The van der Waals surface area contributed by atoms with Gasteiger partial charge in [0.1, 0.15) is 0 Å². The van der Waals surface area contributed by atoms with Gasteiger partial charge in [-0.1, -0.05) is 0 Å². The van der Waals surface area contributed by atoms with Gasteiger partial charge in [-0.25, -0.2) is 0 Å². The summed E-state index contributed by atoms with van der Waals surface area (Å²) in [6.07, 6.45) is 3.76. The molecule has 90 valence electrons. The van der Waals surface area contributed by atoms with Crippen LogP contribution in [0.3, 0.4) is 0 Å². The van der Waals surface area contributed by atoms with Crippen molar-refractivity contribution in [2.75, 3.05) is 33.4 Å².